The summed E-state index contributed by atoms with van der Waals surface area (Å²) in [7, 11) is 1.59. The lowest BCUT2D eigenvalue weighted by molar-refractivity contribution is -0.115. The van der Waals surface area contributed by atoms with Gasteiger partial charge in [0.2, 0.25) is 11.8 Å². The molecular formula is C20H24N2O3S. The fourth-order valence-electron chi connectivity index (χ4n) is 2.34. The van der Waals surface area contributed by atoms with Gasteiger partial charge in [0.05, 0.1) is 18.1 Å². The summed E-state index contributed by atoms with van der Waals surface area (Å²) >= 11 is 1.30. The van der Waals surface area contributed by atoms with E-state index in [1.807, 2.05) is 32.0 Å². The minimum absolute atomic E-state index is 0.112. The molecule has 0 saturated heterocycles. The minimum Gasteiger partial charge on any atom is -0.497 e. The zero-order valence-corrected chi connectivity index (χ0v) is 16.3. The topological polar surface area (TPSA) is 67.4 Å². The number of benzene rings is 2. The number of ether oxygens (including phenoxy) is 1. The number of rotatable bonds is 7. The van der Waals surface area contributed by atoms with Crippen molar-refractivity contribution in [2.45, 2.75) is 26.0 Å². The molecule has 1 atom stereocenters. The fraction of sp³-hybridized carbons (Fsp3) is 0.300. The molecule has 6 heteroatoms. The van der Waals surface area contributed by atoms with Crippen molar-refractivity contribution in [2.24, 2.45) is 0 Å². The Morgan fingerprint density at radius 3 is 2.38 bits per heavy atom. The Morgan fingerprint density at radius 2 is 1.77 bits per heavy atom. The molecule has 2 aromatic rings. The molecule has 0 saturated carbocycles. The van der Waals surface area contributed by atoms with Gasteiger partial charge in [0.15, 0.2) is 0 Å². The third kappa shape index (κ3) is 5.81. The van der Waals surface area contributed by atoms with Crippen molar-refractivity contribution < 1.29 is 14.3 Å². The van der Waals surface area contributed by atoms with E-state index in [0.717, 1.165) is 22.6 Å². The van der Waals surface area contributed by atoms with Gasteiger partial charge in [-0.05, 0) is 56.7 Å². The van der Waals surface area contributed by atoms with Crippen LogP contribution < -0.4 is 15.4 Å². The Hall–Kier alpha value is -2.47. The molecule has 5 nitrogen and oxygen atoms in total. The van der Waals surface area contributed by atoms with Gasteiger partial charge in [-0.25, -0.2) is 0 Å². The van der Waals surface area contributed by atoms with Gasteiger partial charge in [0.1, 0.15) is 5.75 Å². The van der Waals surface area contributed by atoms with Crippen LogP contribution in [0.25, 0.3) is 0 Å². The Morgan fingerprint density at radius 1 is 1.08 bits per heavy atom. The number of amides is 2. The van der Waals surface area contributed by atoms with Crippen LogP contribution in [0.5, 0.6) is 5.75 Å². The summed E-state index contributed by atoms with van der Waals surface area (Å²) in [5.74, 6) is 0.674. The van der Waals surface area contributed by atoms with Crippen LogP contribution in [0.3, 0.4) is 0 Å². The third-order valence-electron chi connectivity index (χ3n) is 3.85. The predicted molar refractivity (Wildman–Crippen MR) is 108 cm³/mol. The number of carbonyl (C=O) groups is 2. The molecule has 0 fully saturated rings. The summed E-state index contributed by atoms with van der Waals surface area (Å²) in [5, 5.41) is 5.39. The molecule has 0 heterocycles. The molecule has 0 aliphatic heterocycles. The van der Waals surface area contributed by atoms with E-state index in [9.17, 15) is 9.59 Å². The highest BCUT2D eigenvalue weighted by Crippen LogP contribution is 2.19. The molecule has 2 aromatic carbocycles. The average Bonchev–Trinajstić information content (AvgIpc) is 2.62. The molecule has 0 radical (unpaired) electrons. The van der Waals surface area contributed by atoms with E-state index in [1.54, 1.807) is 38.3 Å². The number of aryl methyl sites for hydroxylation is 2. The zero-order valence-electron chi connectivity index (χ0n) is 15.5. The van der Waals surface area contributed by atoms with Gasteiger partial charge in [-0.15, -0.1) is 11.8 Å². The third-order valence-corrected chi connectivity index (χ3v) is 4.99. The average molecular weight is 372 g/mol. The largest absolute Gasteiger partial charge is 0.497 e. The van der Waals surface area contributed by atoms with Gasteiger partial charge < -0.3 is 15.4 Å². The van der Waals surface area contributed by atoms with Crippen molar-refractivity contribution in [3.63, 3.8) is 0 Å². The maximum Gasteiger partial charge on any atom is 0.237 e. The molecule has 0 aromatic heterocycles. The van der Waals surface area contributed by atoms with Crippen LogP contribution in [0.4, 0.5) is 11.4 Å². The second-order valence-electron chi connectivity index (χ2n) is 6.04. The molecule has 2 amide bonds. The first kappa shape index (κ1) is 19.8. The highest BCUT2D eigenvalue weighted by molar-refractivity contribution is 8.01. The van der Waals surface area contributed by atoms with Crippen LogP contribution in [0.2, 0.25) is 0 Å². The van der Waals surface area contributed by atoms with E-state index in [-0.39, 0.29) is 22.8 Å². The number of hydrogen-bond acceptors (Lipinski definition) is 4. The number of carbonyl (C=O) groups excluding carboxylic acids is 2. The molecule has 0 aliphatic carbocycles. The lowest BCUT2D eigenvalue weighted by atomic mass is 10.1. The minimum atomic E-state index is -0.336. The van der Waals surface area contributed by atoms with Crippen molar-refractivity contribution in [1.82, 2.24) is 0 Å². The monoisotopic (exact) mass is 372 g/mol. The van der Waals surface area contributed by atoms with Crippen LogP contribution in [0.1, 0.15) is 18.1 Å². The van der Waals surface area contributed by atoms with Crippen LogP contribution in [-0.2, 0) is 9.59 Å². The second kappa shape index (κ2) is 9.29. The number of hydrogen-bond donors (Lipinski definition) is 2. The van der Waals surface area contributed by atoms with Crippen molar-refractivity contribution in [2.75, 3.05) is 23.5 Å². The maximum atomic E-state index is 12.3. The van der Waals surface area contributed by atoms with Gasteiger partial charge in [-0.2, -0.15) is 0 Å². The molecule has 0 bridgehead atoms. The van der Waals surface area contributed by atoms with E-state index in [4.69, 9.17) is 4.74 Å². The summed E-state index contributed by atoms with van der Waals surface area (Å²) in [5.41, 5.74) is 3.67. The van der Waals surface area contributed by atoms with E-state index in [0.29, 0.717) is 5.69 Å². The fourth-order valence-corrected chi connectivity index (χ4v) is 3.02. The smallest absolute Gasteiger partial charge is 0.237 e. The quantitative estimate of drug-likeness (QED) is 0.771. The molecule has 0 aliphatic rings. The highest BCUT2D eigenvalue weighted by atomic mass is 32.2. The molecule has 138 valence electrons. The van der Waals surface area contributed by atoms with Crippen molar-refractivity contribution in [3.05, 3.63) is 53.6 Å². The number of anilines is 2. The first-order valence-corrected chi connectivity index (χ1v) is 9.37. The maximum absolute atomic E-state index is 12.3. The van der Waals surface area contributed by atoms with Crippen molar-refractivity contribution in [1.29, 1.82) is 0 Å². The zero-order chi connectivity index (χ0) is 19.1. The van der Waals surface area contributed by atoms with Crippen molar-refractivity contribution >= 4 is 35.0 Å². The van der Waals surface area contributed by atoms with E-state index < -0.39 is 0 Å². The van der Waals surface area contributed by atoms with E-state index in [1.165, 1.54) is 11.8 Å². The molecule has 2 rings (SSSR count). The van der Waals surface area contributed by atoms with Crippen molar-refractivity contribution in [3.8, 4) is 5.75 Å². The number of methoxy groups -OCH3 is 1. The molecule has 0 unspecified atom stereocenters. The summed E-state index contributed by atoms with van der Waals surface area (Å²) < 4.78 is 5.08. The van der Waals surface area contributed by atoms with Crippen LogP contribution >= 0.6 is 11.8 Å². The standard InChI is InChI=1S/C20H24N2O3S/c1-13-5-10-18(14(2)11-13)22-20(24)15(3)26-12-19(23)21-16-6-8-17(25-4)9-7-16/h5-11,15H,12H2,1-4H3,(H,21,23)(H,22,24)/t15-/m0/s1. The molecular weight excluding hydrogens is 348 g/mol. The summed E-state index contributed by atoms with van der Waals surface area (Å²) in [6.07, 6.45) is 0. The Labute approximate surface area is 158 Å². The Balaban J connectivity index is 1.81. The normalized spacial score (nSPS) is 11.5. The highest BCUT2D eigenvalue weighted by Gasteiger charge is 2.16. The molecule has 2 N–H and O–H groups in total. The number of thioether (sulfide) groups is 1. The summed E-state index contributed by atoms with van der Waals surface area (Å²) in [6.45, 7) is 5.77. The van der Waals surface area contributed by atoms with Gasteiger partial charge in [0, 0.05) is 11.4 Å². The SMILES string of the molecule is COc1ccc(NC(=O)CS[C@@H](C)C(=O)Nc2ccc(C)cc2C)cc1. The van der Waals surface area contributed by atoms with E-state index in [2.05, 4.69) is 10.6 Å². The summed E-state index contributed by atoms with van der Waals surface area (Å²) in [4.78, 5) is 24.4. The second-order valence-corrected chi connectivity index (χ2v) is 7.37. The van der Waals surface area contributed by atoms with Gasteiger partial charge in [0.25, 0.3) is 0 Å². The van der Waals surface area contributed by atoms with Gasteiger partial charge in [-0.3, -0.25) is 9.59 Å². The first-order valence-electron chi connectivity index (χ1n) is 8.32. The molecule has 0 spiro atoms. The van der Waals surface area contributed by atoms with Gasteiger partial charge >= 0.3 is 0 Å². The lowest BCUT2D eigenvalue weighted by Crippen LogP contribution is -2.25. The Kier molecular flexibility index (Phi) is 7.09. The van der Waals surface area contributed by atoms with Crippen LogP contribution in [0.15, 0.2) is 42.5 Å². The Bertz CT molecular complexity index is 775. The van der Waals surface area contributed by atoms with E-state index >= 15 is 0 Å². The lowest BCUT2D eigenvalue weighted by Gasteiger charge is -2.14. The van der Waals surface area contributed by atoms with Crippen LogP contribution in [-0.4, -0.2) is 29.9 Å². The number of nitrogens with one attached hydrogen (secondary N) is 2. The predicted octanol–water partition coefficient (Wildman–Crippen LogP) is 4.01. The first-order chi connectivity index (χ1) is 12.4. The van der Waals surface area contributed by atoms with Gasteiger partial charge in [-0.1, -0.05) is 17.7 Å². The van der Waals surface area contributed by atoms with Crippen LogP contribution in [0, 0.1) is 13.8 Å². The summed E-state index contributed by atoms with van der Waals surface area (Å²) in [6, 6.07) is 13.0. The molecule has 26 heavy (non-hydrogen) atoms.